The van der Waals surface area contributed by atoms with Crippen molar-refractivity contribution in [1.82, 2.24) is 10.3 Å². The molecule has 0 aromatic carbocycles. The summed E-state index contributed by atoms with van der Waals surface area (Å²) < 4.78 is 5.40. The number of nitrogens with zero attached hydrogens (tertiary/aromatic N) is 1. The summed E-state index contributed by atoms with van der Waals surface area (Å²) in [6.45, 7) is 12.8. The Kier molecular flexibility index (Phi) is 4.66. The van der Waals surface area contributed by atoms with Crippen molar-refractivity contribution >= 4 is 11.3 Å². The third-order valence-electron chi connectivity index (χ3n) is 3.21. The quantitative estimate of drug-likeness (QED) is 0.824. The van der Waals surface area contributed by atoms with E-state index in [2.05, 4.69) is 33.0 Å². The smallest absolute Gasteiger partial charge is 0.127 e. The number of furan rings is 1. The van der Waals surface area contributed by atoms with Crippen LogP contribution in [-0.4, -0.2) is 11.5 Å². The van der Waals surface area contributed by atoms with Gasteiger partial charge in [0.2, 0.25) is 0 Å². The van der Waals surface area contributed by atoms with E-state index in [-0.39, 0.29) is 5.41 Å². The van der Waals surface area contributed by atoms with Crippen LogP contribution in [0.3, 0.4) is 0 Å². The van der Waals surface area contributed by atoms with Crippen molar-refractivity contribution in [3.05, 3.63) is 28.7 Å². The Morgan fingerprint density at radius 2 is 2.10 bits per heavy atom. The van der Waals surface area contributed by atoms with Crippen LogP contribution in [0.4, 0.5) is 0 Å². The van der Waals surface area contributed by atoms with Crippen molar-refractivity contribution < 1.29 is 4.42 Å². The minimum Gasteiger partial charge on any atom is -0.469 e. The van der Waals surface area contributed by atoms with Gasteiger partial charge in [-0.15, -0.1) is 11.3 Å². The average molecular weight is 292 g/mol. The maximum atomic E-state index is 5.40. The van der Waals surface area contributed by atoms with Crippen LogP contribution in [0.5, 0.6) is 0 Å². The molecule has 0 radical (unpaired) electrons. The van der Waals surface area contributed by atoms with E-state index in [4.69, 9.17) is 9.40 Å². The lowest BCUT2D eigenvalue weighted by molar-refractivity contribution is 0.535. The molecule has 0 fully saturated rings. The number of aryl methyl sites for hydroxylation is 1. The third kappa shape index (κ3) is 3.30. The van der Waals surface area contributed by atoms with Gasteiger partial charge in [0.25, 0.3) is 0 Å². The van der Waals surface area contributed by atoms with Crippen molar-refractivity contribution in [1.29, 1.82) is 0 Å². The second kappa shape index (κ2) is 6.10. The Labute approximate surface area is 125 Å². The van der Waals surface area contributed by atoms with Crippen molar-refractivity contribution in [2.24, 2.45) is 0 Å². The maximum absolute atomic E-state index is 5.40. The number of rotatable bonds is 5. The molecule has 0 aliphatic heterocycles. The SMILES string of the molecule is CCCNCc1sc(-c2ccoc2C)nc1C(C)(C)C. The van der Waals surface area contributed by atoms with Crippen LogP contribution in [0.15, 0.2) is 16.7 Å². The molecule has 110 valence electrons. The van der Waals surface area contributed by atoms with Crippen molar-refractivity contribution in [2.45, 2.75) is 53.0 Å². The highest BCUT2D eigenvalue weighted by Gasteiger charge is 2.24. The summed E-state index contributed by atoms with van der Waals surface area (Å²) in [6.07, 6.45) is 2.88. The van der Waals surface area contributed by atoms with E-state index in [9.17, 15) is 0 Å². The summed E-state index contributed by atoms with van der Waals surface area (Å²) in [5, 5.41) is 4.55. The minimum absolute atomic E-state index is 0.0651. The van der Waals surface area contributed by atoms with Gasteiger partial charge in [-0.25, -0.2) is 4.98 Å². The van der Waals surface area contributed by atoms with Crippen LogP contribution in [0, 0.1) is 6.92 Å². The number of hydrogen-bond donors (Lipinski definition) is 1. The highest BCUT2D eigenvalue weighted by atomic mass is 32.1. The molecule has 1 N–H and O–H groups in total. The number of nitrogens with one attached hydrogen (secondary N) is 1. The summed E-state index contributed by atoms with van der Waals surface area (Å²) in [4.78, 5) is 6.22. The van der Waals surface area contributed by atoms with Gasteiger partial charge >= 0.3 is 0 Å². The predicted octanol–water partition coefficient (Wildman–Crippen LogP) is 4.51. The van der Waals surface area contributed by atoms with Crippen LogP contribution in [0.25, 0.3) is 10.6 Å². The fourth-order valence-electron chi connectivity index (χ4n) is 2.16. The van der Waals surface area contributed by atoms with E-state index in [1.165, 1.54) is 10.6 Å². The van der Waals surface area contributed by atoms with Crippen LogP contribution in [0.1, 0.15) is 50.4 Å². The predicted molar refractivity (Wildman–Crippen MR) is 85.3 cm³/mol. The highest BCUT2D eigenvalue weighted by Crippen LogP contribution is 2.35. The molecular formula is C16H24N2OS. The molecule has 3 nitrogen and oxygen atoms in total. The van der Waals surface area contributed by atoms with E-state index in [1.54, 1.807) is 17.6 Å². The minimum atomic E-state index is 0.0651. The summed E-state index contributed by atoms with van der Waals surface area (Å²) in [5.41, 5.74) is 2.37. The van der Waals surface area contributed by atoms with Crippen LogP contribution in [0.2, 0.25) is 0 Å². The first-order valence-corrected chi connectivity index (χ1v) is 8.00. The normalized spacial score (nSPS) is 12.1. The molecule has 0 unspecified atom stereocenters. The number of thiazole rings is 1. The Hall–Kier alpha value is -1.13. The van der Waals surface area contributed by atoms with Gasteiger partial charge in [0.05, 0.1) is 17.5 Å². The molecule has 0 saturated carbocycles. The molecule has 2 aromatic rings. The van der Waals surface area contributed by atoms with Gasteiger partial charge in [-0.05, 0) is 26.0 Å². The molecule has 0 aliphatic rings. The summed E-state index contributed by atoms with van der Waals surface area (Å²) in [7, 11) is 0. The highest BCUT2D eigenvalue weighted by molar-refractivity contribution is 7.15. The Morgan fingerprint density at radius 1 is 1.35 bits per heavy atom. The standard InChI is InChI=1S/C16H24N2OS/c1-6-8-17-10-13-14(16(3,4)5)18-15(20-13)12-7-9-19-11(12)2/h7,9,17H,6,8,10H2,1-5H3. The molecular weight excluding hydrogens is 268 g/mol. The van der Waals surface area contributed by atoms with Gasteiger partial charge in [0, 0.05) is 16.8 Å². The van der Waals surface area contributed by atoms with E-state index in [1.807, 2.05) is 13.0 Å². The van der Waals surface area contributed by atoms with Crippen molar-refractivity contribution in [3.63, 3.8) is 0 Å². The van der Waals surface area contributed by atoms with E-state index < -0.39 is 0 Å². The number of hydrogen-bond acceptors (Lipinski definition) is 4. The zero-order valence-electron chi connectivity index (χ0n) is 13.0. The fraction of sp³-hybridized carbons (Fsp3) is 0.562. The molecule has 0 aliphatic carbocycles. The lowest BCUT2D eigenvalue weighted by atomic mass is 9.91. The lowest BCUT2D eigenvalue weighted by Gasteiger charge is -2.17. The molecule has 2 heterocycles. The largest absolute Gasteiger partial charge is 0.469 e. The average Bonchev–Trinajstić information content (AvgIpc) is 2.95. The van der Waals surface area contributed by atoms with Crippen LogP contribution < -0.4 is 5.32 Å². The zero-order chi connectivity index (χ0) is 14.8. The van der Waals surface area contributed by atoms with E-state index >= 15 is 0 Å². The van der Waals surface area contributed by atoms with Crippen LogP contribution >= 0.6 is 11.3 Å². The summed E-state index contributed by atoms with van der Waals surface area (Å²) in [5.74, 6) is 0.937. The first-order valence-electron chi connectivity index (χ1n) is 7.19. The third-order valence-corrected chi connectivity index (χ3v) is 4.30. The lowest BCUT2D eigenvalue weighted by Crippen LogP contribution is -2.19. The van der Waals surface area contributed by atoms with Gasteiger partial charge in [-0.3, -0.25) is 0 Å². The molecule has 2 rings (SSSR count). The Balaban J connectivity index is 2.34. The fourth-order valence-corrected chi connectivity index (χ4v) is 3.47. The van der Waals surface area contributed by atoms with Gasteiger partial charge in [-0.2, -0.15) is 0 Å². The second-order valence-electron chi connectivity index (χ2n) is 6.11. The topological polar surface area (TPSA) is 38.1 Å². The second-order valence-corrected chi connectivity index (χ2v) is 7.19. The monoisotopic (exact) mass is 292 g/mol. The number of aromatic nitrogens is 1. The van der Waals surface area contributed by atoms with Gasteiger partial charge < -0.3 is 9.73 Å². The molecule has 0 bridgehead atoms. The Morgan fingerprint density at radius 3 is 2.65 bits per heavy atom. The molecule has 0 saturated heterocycles. The van der Waals surface area contributed by atoms with E-state index in [0.717, 1.165) is 35.8 Å². The molecule has 0 spiro atoms. The Bertz CT molecular complexity index is 563. The molecule has 0 amide bonds. The van der Waals surface area contributed by atoms with Gasteiger partial charge in [0.15, 0.2) is 0 Å². The molecule has 20 heavy (non-hydrogen) atoms. The van der Waals surface area contributed by atoms with Crippen molar-refractivity contribution in [2.75, 3.05) is 6.54 Å². The van der Waals surface area contributed by atoms with Crippen LogP contribution in [-0.2, 0) is 12.0 Å². The maximum Gasteiger partial charge on any atom is 0.127 e. The summed E-state index contributed by atoms with van der Waals surface area (Å²) >= 11 is 1.78. The first kappa shape index (κ1) is 15.3. The van der Waals surface area contributed by atoms with Gasteiger partial charge in [-0.1, -0.05) is 27.7 Å². The molecule has 0 atom stereocenters. The zero-order valence-corrected chi connectivity index (χ0v) is 13.9. The summed E-state index contributed by atoms with van der Waals surface area (Å²) in [6, 6.07) is 2.00. The van der Waals surface area contributed by atoms with Gasteiger partial charge in [0.1, 0.15) is 10.8 Å². The first-order chi connectivity index (χ1) is 9.43. The molecule has 4 heteroatoms. The van der Waals surface area contributed by atoms with Crippen molar-refractivity contribution in [3.8, 4) is 10.6 Å². The van der Waals surface area contributed by atoms with E-state index in [0.29, 0.717) is 0 Å². The molecule has 2 aromatic heterocycles.